The van der Waals surface area contributed by atoms with Crippen molar-refractivity contribution in [3.8, 4) is 0 Å². The van der Waals surface area contributed by atoms with Gasteiger partial charge in [-0.1, -0.05) is 0 Å². The van der Waals surface area contributed by atoms with Gasteiger partial charge in [0.1, 0.15) is 0 Å². The normalized spacial score (nSPS) is 18.4. The Morgan fingerprint density at radius 1 is 1.54 bits per heavy atom. The minimum absolute atomic E-state index is 0.189. The summed E-state index contributed by atoms with van der Waals surface area (Å²) in [6.45, 7) is 1.43. The van der Waals surface area contributed by atoms with Crippen LogP contribution in [-0.4, -0.2) is 48.4 Å². The largest absolute Gasteiger partial charge is 0.351 e. The van der Waals surface area contributed by atoms with E-state index in [4.69, 9.17) is 5.73 Å². The van der Waals surface area contributed by atoms with Gasteiger partial charge in [-0.15, -0.1) is 0 Å². The van der Waals surface area contributed by atoms with Crippen LogP contribution in [0.1, 0.15) is 12.8 Å². The Morgan fingerprint density at radius 3 is 2.46 bits per heavy atom. The number of amides is 3. The molecule has 5 nitrogen and oxygen atoms in total. The van der Waals surface area contributed by atoms with Gasteiger partial charge >= 0.3 is 6.03 Å². The standard InChI is InChI=1S/C8H15N3O2/c1-10(8(9)13)7-2-4-11(6-12)5-3-7/h6-7H,2-5H2,1H3,(H2,9,13). The van der Waals surface area contributed by atoms with Gasteiger partial charge in [0.25, 0.3) is 0 Å². The first-order valence-corrected chi connectivity index (χ1v) is 4.36. The smallest absolute Gasteiger partial charge is 0.314 e. The molecule has 1 aliphatic heterocycles. The summed E-state index contributed by atoms with van der Waals surface area (Å²) >= 11 is 0. The molecule has 0 bridgehead atoms. The van der Waals surface area contributed by atoms with Crippen molar-refractivity contribution in [1.82, 2.24) is 9.80 Å². The monoisotopic (exact) mass is 185 g/mol. The molecule has 0 atom stereocenters. The van der Waals surface area contributed by atoms with E-state index in [9.17, 15) is 9.59 Å². The number of nitrogens with zero attached hydrogens (tertiary/aromatic N) is 2. The topological polar surface area (TPSA) is 66.6 Å². The zero-order valence-electron chi connectivity index (χ0n) is 7.77. The van der Waals surface area contributed by atoms with Gasteiger partial charge in [0.05, 0.1) is 0 Å². The molecule has 1 aliphatic rings. The van der Waals surface area contributed by atoms with Gasteiger partial charge in [-0.3, -0.25) is 4.79 Å². The summed E-state index contributed by atoms with van der Waals surface area (Å²) in [6, 6.07) is -0.210. The molecule has 5 heteroatoms. The van der Waals surface area contributed by atoms with Crippen molar-refractivity contribution in [2.45, 2.75) is 18.9 Å². The molecule has 3 amide bonds. The third-order valence-corrected chi connectivity index (χ3v) is 2.54. The molecular weight excluding hydrogens is 170 g/mol. The Labute approximate surface area is 77.5 Å². The molecule has 1 saturated heterocycles. The van der Waals surface area contributed by atoms with Crippen molar-refractivity contribution in [3.63, 3.8) is 0 Å². The maximum absolute atomic E-state index is 10.8. The van der Waals surface area contributed by atoms with E-state index in [1.54, 1.807) is 16.8 Å². The van der Waals surface area contributed by atoms with Crippen LogP contribution in [0.5, 0.6) is 0 Å². The number of carbonyl (C=O) groups is 2. The Morgan fingerprint density at radius 2 is 2.08 bits per heavy atom. The van der Waals surface area contributed by atoms with Gasteiger partial charge in [0.2, 0.25) is 6.41 Å². The number of nitrogens with two attached hydrogens (primary N) is 1. The lowest BCUT2D eigenvalue weighted by Crippen LogP contribution is -2.46. The number of hydrogen-bond acceptors (Lipinski definition) is 2. The fraction of sp³-hybridized carbons (Fsp3) is 0.750. The Balaban J connectivity index is 2.40. The van der Waals surface area contributed by atoms with Crippen molar-refractivity contribution < 1.29 is 9.59 Å². The number of rotatable bonds is 2. The van der Waals surface area contributed by atoms with Gasteiger partial charge in [-0.2, -0.15) is 0 Å². The molecule has 1 heterocycles. The van der Waals surface area contributed by atoms with E-state index >= 15 is 0 Å². The van der Waals surface area contributed by atoms with Crippen LogP contribution < -0.4 is 5.73 Å². The lowest BCUT2D eigenvalue weighted by molar-refractivity contribution is -0.119. The summed E-state index contributed by atoms with van der Waals surface area (Å²) in [6.07, 6.45) is 2.48. The second-order valence-electron chi connectivity index (χ2n) is 3.32. The molecule has 0 aromatic carbocycles. The van der Waals surface area contributed by atoms with Crippen LogP contribution in [0.15, 0.2) is 0 Å². The predicted octanol–water partition coefficient (Wildman–Crippen LogP) is -0.382. The van der Waals surface area contributed by atoms with Crippen LogP contribution in [-0.2, 0) is 4.79 Å². The molecule has 0 spiro atoms. The van der Waals surface area contributed by atoms with Gasteiger partial charge in [-0.05, 0) is 12.8 Å². The summed E-state index contributed by atoms with van der Waals surface area (Å²) in [4.78, 5) is 24.5. The van der Waals surface area contributed by atoms with Crippen LogP contribution in [0.3, 0.4) is 0 Å². The molecule has 0 aromatic rings. The zero-order chi connectivity index (χ0) is 9.84. The summed E-state index contributed by atoms with van der Waals surface area (Å²) in [7, 11) is 1.70. The Bertz CT molecular complexity index is 200. The van der Waals surface area contributed by atoms with Crippen LogP contribution in [0.25, 0.3) is 0 Å². The maximum atomic E-state index is 10.8. The van der Waals surface area contributed by atoms with Gasteiger partial charge < -0.3 is 15.5 Å². The van der Waals surface area contributed by atoms with Crippen LogP contribution >= 0.6 is 0 Å². The molecule has 1 rings (SSSR count). The maximum Gasteiger partial charge on any atom is 0.314 e. The highest BCUT2D eigenvalue weighted by atomic mass is 16.2. The summed E-state index contributed by atoms with van der Waals surface area (Å²) in [5.41, 5.74) is 5.14. The lowest BCUT2D eigenvalue weighted by Gasteiger charge is -2.34. The van der Waals surface area contributed by atoms with E-state index in [1.165, 1.54) is 0 Å². The fourth-order valence-electron chi connectivity index (χ4n) is 1.56. The van der Waals surface area contributed by atoms with E-state index in [1.807, 2.05) is 0 Å². The third kappa shape index (κ3) is 2.34. The van der Waals surface area contributed by atoms with Gasteiger partial charge in [0, 0.05) is 26.2 Å². The van der Waals surface area contributed by atoms with Crippen LogP contribution in [0.2, 0.25) is 0 Å². The van der Waals surface area contributed by atoms with E-state index in [0.29, 0.717) is 13.1 Å². The number of piperidine rings is 1. The van der Waals surface area contributed by atoms with E-state index < -0.39 is 6.03 Å². The summed E-state index contributed by atoms with van der Waals surface area (Å²) in [5.74, 6) is 0. The molecule has 0 aromatic heterocycles. The van der Waals surface area contributed by atoms with E-state index in [-0.39, 0.29) is 6.04 Å². The molecule has 0 aliphatic carbocycles. The Hall–Kier alpha value is -1.26. The highest BCUT2D eigenvalue weighted by molar-refractivity contribution is 5.72. The number of primary amides is 1. The SMILES string of the molecule is CN(C(N)=O)C1CCN(C=O)CC1. The number of likely N-dealkylation sites (tertiary alicyclic amines) is 1. The van der Waals surface area contributed by atoms with Gasteiger partial charge in [0.15, 0.2) is 0 Å². The highest BCUT2D eigenvalue weighted by Crippen LogP contribution is 2.13. The fourth-order valence-corrected chi connectivity index (χ4v) is 1.56. The molecule has 0 radical (unpaired) electrons. The van der Waals surface area contributed by atoms with Crippen LogP contribution in [0.4, 0.5) is 4.79 Å². The van der Waals surface area contributed by atoms with Crippen molar-refractivity contribution in [2.75, 3.05) is 20.1 Å². The average Bonchev–Trinajstić information content (AvgIpc) is 2.17. The van der Waals surface area contributed by atoms with E-state index in [2.05, 4.69) is 0 Å². The molecular formula is C8H15N3O2. The number of urea groups is 1. The third-order valence-electron chi connectivity index (χ3n) is 2.54. The van der Waals surface area contributed by atoms with Gasteiger partial charge in [-0.25, -0.2) is 4.79 Å². The molecule has 0 saturated carbocycles. The highest BCUT2D eigenvalue weighted by Gasteiger charge is 2.23. The summed E-state index contributed by atoms with van der Waals surface area (Å²) < 4.78 is 0. The average molecular weight is 185 g/mol. The van der Waals surface area contributed by atoms with Crippen LogP contribution in [0, 0.1) is 0 Å². The zero-order valence-corrected chi connectivity index (χ0v) is 7.77. The van der Waals surface area contributed by atoms with E-state index in [0.717, 1.165) is 19.3 Å². The number of carbonyl (C=O) groups excluding carboxylic acids is 2. The Kier molecular flexibility index (Phi) is 3.11. The quantitative estimate of drug-likeness (QED) is 0.596. The predicted molar refractivity (Wildman–Crippen MR) is 48.0 cm³/mol. The molecule has 13 heavy (non-hydrogen) atoms. The first kappa shape index (κ1) is 9.83. The minimum atomic E-state index is -0.399. The second kappa shape index (κ2) is 4.11. The van der Waals surface area contributed by atoms with Crippen molar-refractivity contribution in [3.05, 3.63) is 0 Å². The van der Waals surface area contributed by atoms with Crippen molar-refractivity contribution in [2.24, 2.45) is 5.73 Å². The number of hydrogen-bond donors (Lipinski definition) is 1. The second-order valence-corrected chi connectivity index (χ2v) is 3.32. The first-order valence-electron chi connectivity index (χ1n) is 4.36. The molecule has 0 unspecified atom stereocenters. The van der Waals surface area contributed by atoms with Crippen molar-refractivity contribution >= 4 is 12.4 Å². The summed E-state index contributed by atoms with van der Waals surface area (Å²) in [5, 5.41) is 0. The van der Waals surface area contributed by atoms with Crippen molar-refractivity contribution in [1.29, 1.82) is 0 Å². The molecule has 1 fully saturated rings. The molecule has 2 N–H and O–H groups in total. The lowest BCUT2D eigenvalue weighted by atomic mass is 10.0. The molecule has 74 valence electrons. The minimum Gasteiger partial charge on any atom is -0.351 e. The first-order chi connectivity index (χ1) is 6.15.